The van der Waals surface area contributed by atoms with Crippen LogP contribution in [0.5, 0.6) is 5.88 Å². The number of nitriles is 1. The molecule has 0 saturated carbocycles. The van der Waals surface area contributed by atoms with Crippen molar-refractivity contribution in [3.05, 3.63) is 53.7 Å². The van der Waals surface area contributed by atoms with Crippen LogP contribution in [0.3, 0.4) is 0 Å². The van der Waals surface area contributed by atoms with Crippen molar-refractivity contribution in [2.75, 3.05) is 33.0 Å². The summed E-state index contributed by atoms with van der Waals surface area (Å²) in [4.78, 5) is 15.3. The lowest BCUT2D eigenvalue weighted by Crippen LogP contribution is -2.28. The molecule has 0 bridgehead atoms. The number of nitrogens with zero attached hydrogens (tertiary/aromatic N) is 5. The molecule has 144 valence electrons. The highest BCUT2D eigenvalue weighted by atomic mass is 16.5. The number of fused-ring (bicyclic) bond motifs is 1. The summed E-state index contributed by atoms with van der Waals surface area (Å²) in [5, 5.41) is 14.7. The summed E-state index contributed by atoms with van der Waals surface area (Å²) in [7, 11) is 5.84. The Bertz CT molecular complexity index is 1010. The van der Waals surface area contributed by atoms with Gasteiger partial charge in [-0.1, -0.05) is 12.1 Å². The number of nitrogens with one attached hydrogen (secondary N) is 1. The molecule has 1 atom stereocenters. The number of hydrogen-bond acceptors (Lipinski definition) is 7. The van der Waals surface area contributed by atoms with E-state index in [0.717, 1.165) is 28.7 Å². The highest BCUT2D eigenvalue weighted by Gasteiger charge is 2.14. The summed E-state index contributed by atoms with van der Waals surface area (Å²) >= 11 is 0. The summed E-state index contributed by atoms with van der Waals surface area (Å²) in [5.41, 5.74) is 2.83. The van der Waals surface area contributed by atoms with Crippen LogP contribution in [0.15, 0.2) is 36.7 Å². The smallest absolute Gasteiger partial charge is 0.251 e. The molecule has 0 aliphatic rings. The van der Waals surface area contributed by atoms with Gasteiger partial charge >= 0.3 is 0 Å². The van der Waals surface area contributed by atoms with Crippen molar-refractivity contribution in [1.82, 2.24) is 19.9 Å². The SMILES string of the molecule is CNc1cccc2cc(Cc3cnc(C#N)c(OC(C)CN(C)C)n3)ncc12. The van der Waals surface area contributed by atoms with Gasteiger partial charge in [0.15, 0.2) is 0 Å². The van der Waals surface area contributed by atoms with Gasteiger partial charge in [-0.05, 0) is 38.5 Å². The molecule has 0 fully saturated rings. The molecular weight excluding hydrogens is 352 g/mol. The van der Waals surface area contributed by atoms with Gasteiger partial charge in [0.05, 0.1) is 11.9 Å². The molecule has 1 aromatic carbocycles. The highest BCUT2D eigenvalue weighted by molar-refractivity contribution is 5.93. The van der Waals surface area contributed by atoms with Gasteiger partial charge in [-0.15, -0.1) is 0 Å². The number of anilines is 1. The number of benzene rings is 1. The van der Waals surface area contributed by atoms with Gasteiger partial charge in [0, 0.05) is 43.0 Å². The van der Waals surface area contributed by atoms with E-state index in [0.29, 0.717) is 12.1 Å². The zero-order chi connectivity index (χ0) is 20.1. The monoisotopic (exact) mass is 376 g/mol. The normalized spacial score (nSPS) is 12.0. The molecule has 3 aromatic rings. The van der Waals surface area contributed by atoms with Gasteiger partial charge < -0.3 is 15.0 Å². The second kappa shape index (κ2) is 8.63. The van der Waals surface area contributed by atoms with E-state index >= 15 is 0 Å². The number of hydrogen-bond donors (Lipinski definition) is 1. The third kappa shape index (κ3) is 4.53. The Kier molecular flexibility index (Phi) is 6.02. The van der Waals surface area contributed by atoms with Gasteiger partial charge in [-0.25, -0.2) is 9.97 Å². The maximum atomic E-state index is 9.30. The van der Waals surface area contributed by atoms with Crippen molar-refractivity contribution >= 4 is 16.5 Å². The third-order valence-corrected chi connectivity index (χ3v) is 4.28. The molecule has 2 aromatic heterocycles. The molecule has 28 heavy (non-hydrogen) atoms. The van der Waals surface area contributed by atoms with E-state index in [1.165, 1.54) is 0 Å². The Balaban J connectivity index is 1.85. The first kappa shape index (κ1) is 19.5. The first-order chi connectivity index (χ1) is 13.5. The molecule has 0 aliphatic heterocycles. The van der Waals surface area contributed by atoms with Crippen LogP contribution < -0.4 is 10.1 Å². The molecule has 0 spiro atoms. The summed E-state index contributed by atoms with van der Waals surface area (Å²) in [6.07, 6.45) is 3.88. The van der Waals surface area contributed by atoms with Crippen molar-refractivity contribution in [2.24, 2.45) is 0 Å². The molecule has 0 amide bonds. The molecule has 2 heterocycles. The van der Waals surface area contributed by atoms with Gasteiger partial charge in [0.2, 0.25) is 5.69 Å². The minimum atomic E-state index is -0.106. The maximum Gasteiger partial charge on any atom is 0.251 e. The molecule has 0 aliphatic carbocycles. The van der Waals surface area contributed by atoms with Crippen molar-refractivity contribution in [2.45, 2.75) is 19.4 Å². The van der Waals surface area contributed by atoms with Crippen LogP contribution in [-0.2, 0) is 6.42 Å². The summed E-state index contributed by atoms with van der Waals surface area (Å²) in [5.74, 6) is 0.271. The van der Waals surface area contributed by atoms with E-state index in [9.17, 15) is 5.26 Å². The molecule has 3 rings (SSSR count). The molecule has 0 saturated heterocycles. The summed E-state index contributed by atoms with van der Waals surface area (Å²) < 4.78 is 5.86. The van der Waals surface area contributed by atoms with Gasteiger partial charge in [-0.2, -0.15) is 5.26 Å². The fourth-order valence-electron chi connectivity index (χ4n) is 3.11. The van der Waals surface area contributed by atoms with E-state index < -0.39 is 0 Å². The lowest BCUT2D eigenvalue weighted by molar-refractivity contribution is 0.169. The predicted octanol–water partition coefficient (Wildman–Crippen LogP) is 2.86. The standard InChI is InChI=1S/C21H24N6O/c1-14(13-27(3)4)28-21-20(10-22)25-11-17(26-21)9-16-8-15-6-5-7-19(23-2)18(15)12-24-16/h5-8,11-12,14,23H,9,13H2,1-4H3. The molecule has 7 nitrogen and oxygen atoms in total. The predicted molar refractivity (Wildman–Crippen MR) is 109 cm³/mol. The van der Waals surface area contributed by atoms with Crippen LogP contribution in [0.1, 0.15) is 24.0 Å². The van der Waals surface area contributed by atoms with Crippen molar-refractivity contribution in [1.29, 1.82) is 5.26 Å². The number of likely N-dealkylation sites (N-methyl/N-ethyl adjacent to an activating group) is 1. The number of aromatic nitrogens is 3. The lowest BCUT2D eigenvalue weighted by Gasteiger charge is -2.18. The van der Waals surface area contributed by atoms with Crippen molar-refractivity contribution in [3.8, 4) is 11.9 Å². The second-order valence-electron chi connectivity index (χ2n) is 6.95. The van der Waals surface area contributed by atoms with E-state index in [2.05, 4.69) is 26.3 Å². The van der Waals surface area contributed by atoms with Crippen LogP contribution >= 0.6 is 0 Å². The fraction of sp³-hybridized carbons (Fsp3) is 0.333. The zero-order valence-corrected chi connectivity index (χ0v) is 16.6. The fourth-order valence-corrected chi connectivity index (χ4v) is 3.11. The Morgan fingerprint density at radius 2 is 2.04 bits per heavy atom. The largest absolute Gasteiger partial charge is 0.471 e. The Morgan fingerprint density at radius 3 is 2.75 bits per heavy atom. The minimum absolute atomic E-state index is 0.106. The quantitative estimate of drug-likeness (QED) is 0.678. The average Bonchev–Trinajstić information content (AvgIpc) is 2.67. The molecule has 1 unspecified atom stereocenters. The van der Waals surface area contributed by atoms with Crippen LogP contribution in [0.4, 0.5) is 5.69 Å². The lowest BCUT2D eigenvalue weighted by atomic mass is 10.1. The Hall–Kier alpha value is -3.24. The van der Waals surface area contributed by atoms with Gasteiger partial charge in [0.25, 0.3) is 5.88 Å². The average molecular weight is 376 g/mol. The molecule has 7 heteroatoms. The first-order valence-corrected chi connectivity index (χ1v) is 9.13. The molecule has 1 N–H and O–H groups in total. The number of rotatable bonds is 7. The van der Waals surface area contributed by atoms with Gasteiger partial charge in [0.1, 0.15) is 12.2 Å². The van der Waals surface area contributed by atoms with E-state index in [1.54, 1.807) is 6.20 Å². The zero-order valence-electron chi connectivity index (χ0n) is 16.6. The van der Waals surface area contributed by atoms with Gasteiger partial charge in [-0.3, -0.25) is 4.98 Å². The Labute approximate surface area is 165 Å². The Morgan fingerprint density at radius 1 is 1.21 bits per heavy atom. The van der Waals surface area contributed by atoms with E-state index in [-0.39, 0.29) is 17.7 Å². The van der Waals surface area contributed by atoms with Crippen LogP contribution in [0.25, 0.3) is 10.8 Å². The third-order valence-electron chi connectivity index (χ3n) is 4.28. The van der Waals surface area contributed by atoms with Crippen molar-refractivity contribution < 1.29 is 4.74 Å². The van der Waals surface area contributed by atoms with E-state index in [1.807, 2.05) is 63.4 Å². The summed E-state index contributed by atoms with van der Waals surface area (Å²) in [6, 6.07) is 10.2. The van der Waals surface area contributed by atoms with Crippen LogP contribution in [-0.4, -0.2) is 53.6 Å². The maximum absolute atomic E-state index is 9.30. The highest BCUT2D eigenvalue weighted by Crippen LogP contribution is 2.23. The van der Waals surface area contributed by atoms with Crippen molar-refractivity contribution in [3.63, 3.8) is 0 Å². The first-order valence-electron chi connectivity index (χ1n) is 9.13. The molecule has 0 radical (unpaired) electrons. The van der Waals surface area contributed by atoms with E-state index in [4.69, 9.17) is 4.74 Å². The summed E-state index contributed by atoms with van der Waals surface area (Å²) in [6.45, 7) is 2.66. The number of ether oxygens (including phenoxy) is 1. The number of pyridine rings is 1. The molecular formula is C21H24N6O. The van der Waals surface area contributed by atoms with Crippen LogP contribution in [0, 0.1) is 11.3 Å². The van der Waals surface area contributed by atoms with Crippen LogP contribution in [0.2, 0.25) is 0 Å². The second-order valence-corrected chi connectivity index (χ2v) is 6.95. The minimum Gasteiger partial charge on any atom is -0.471 e. The topological polar surface area (TPSA) is 87.0 Å².